The highest BCUT2D eigenvalue weighted by Gasteiger charge is 2.06. The van der Waals surface area contributed by atoms with E-state index in [1.165, 1.54) is 11.3 Å². The van der Waals surface area contributed by atoms with Crippen molar-refractivity contribution in [3.63, 3.8) is 0 Å². The first kappa shape index (κ1) is 10.7. The van der Waals surface area contributed by atoms with Gasteiger partial charge in [-0.3, -0.25) is 4.79 Å². The molecule has 0 bridgehead atoms. The molecule has 0 amide bonds. The zero-order chi connectivity index (χ0) is 11.5. The normalized spacial score (nSPS) is 10.2. The Hall–Kier alpha value is -1.81. The zero-order valence-electron chi connectivity index (χ0n) is 8.38. The van der Waals surface area contributed by atoms with E-state index in [-0.39, 0.29) is 12.2 Å². The van der Waals surface area contributed by atoms with Crippen molar-refractivity contribution >= 4 is 17.3 Å². The molecule has 0 spiro atoms. The number of carboxylic acids is 1. The van der Waals surface area contributed by atoms with Gasteiger partial charge in [0.25, 0.3) is 0 Å². The van der Waals surface area contributed by atoms with E-state index in [0.29, 0.717) is 0 Å². The summed E-state index contributed by atoms with van der Waals surface area (Å²) in [5.74, 6) is -0.592. The summed E-state index contributed by atoms with van der Waals surface area (Å²) in [5.41, 5.74) is 0.986. The number of phenolic OH excluding ortho intramolecular Hbond substituents is 1. The molecule has 16 heavy (non-hydrogen) atoms. The SMILES string of the molecule is O=C(O)Cc1ccc(-c2ccc(O)cc2)s1. The molecule has 0 aliphatic heterocycles. The van der Waals surface area contributed by atoms with Crippen LogP contribution >= 0.6 is 11.3 Å². The van der Waals surface area contributed by atoms with E-state index in [0.717, 1.165) is 15.3 Å². The quantitative estimate of drug-likeness (QED) is 0.858. The molecule has 0 saturated heterocycles. The van der Waals surface area contributed by atoms with E-state index in [1.54, 1.807) is 12.1 Å². The Morgan fingerprint density at radius 1 is 1.12 bits per heavy atom. The van der Waals surface area contributed by atoms with Gasteiger partial charge in [0, 0.05) is 9.75 Å². The third kappa shape index (κ3) is 2.41. The van der Waals surface area contributed by atoms with Crippen LogP contribution in [0, 0.1) is 0 Å². The van der Waals surface area contributed by atoms with E-state index < -0.39 is 5.97 Å². The molecule has 2 rings (SSSR count). The second-order valence-corrected chi connectivity index (χ2v) is 4.55. The summed E-state index contributed by atoms with van der Waals surface area (Å²) >= 11 is 1.46. The predicted molar refractivity (Wildman–Crippen MR) is 62.8 cm³/mol. The van der Waals surface area contributed by atoms with Gasteiger partial charge >= 0.3 is 5.97 Å². The van der Waals surface area contributed by atoms with Gasteiger partial charge in [0.1, 0.15) is 5.75 Å². The lowest BCUT2D eigenvalue weighted by Gasteiger charge is -1.96. The van der Waals surface area contributed by atoms with Gasteiger partial charge < -0.3 is 10.2 Å². The molecule has 0 atom stereocenters. The Balaban J connectivity index is 2.24. The summed E-state index contributed by atoms with van der Waals surface area (Å²) in [5, 5.41) is 17.8. The van der Waals surface area contributed by atoms with Gasteiger partial charge in [0.15, 0.2) is 0 Å². The van der Waals surface area contributed by atoms with E-state index in [1.807, 2.05) is 24.3 Å². The summed E-state index contributed by atoms with van der Waals surface area (Å²) in [4.78, 5) is 12.4. The van der Waals surface area contributed by atoms with Crippen LogP contribution in [-0.4, -0.2) is 16.2 Å². The fraction of sp³-hybridized carbons (Fsp3) is 0.0833. The van der Waals surface area contributed by atoms with Gasteiger partial charge in [-0.2, -0.15) is 0 Å². The first-order chi connectivity index (χ1) is 7.65. The van der Waals surface area contributed by atoms with Gasteiger partial charge in [-0.15, -0.1) is 11.3 Å². The molecular weight excluding hydrogens is 224 g/mol. The van der Waals surface area contributed by atoms with Gasteiger partial charge in [-0.05, 0) is 42.0 Å². The van der Waals surface area contributed by atoms with Crippen LogP contribution in [0.2, 0.25) is 0 Å². The van der Waals surface area contributed by atoms with Crippen LogP contribution in [0.3, 0.4) is 0 Å². The molecule has 1 heterocycles. The van der Waals surface area contributed by atoms with E-state index in [2.05, 4.69) is 0 Å². The molecule has 1 aromatic heterocycles. The van der Waals surface area contributed by atoms with E-state index in [9.17, 15) is 4.79 Å². The lowest BCUT2D eigenvalue weighted by molar-refractivity contribution is -0.136. The third-order valence-electron chi connectivity index (χ3n) is 2.14. The Morgan fingerprint density at radius 2 is 1.81 bits per heavy atom. The first-order valence-corrected chi connectivity index (χ1v) is 5.57. The van der Waals surface area contributed by atoms with Gasteiger partial charge in [0.05, 0.1) is 6.42 Å². The molecule has 0 aliphatic rings. The fourth-order valence-electron chi connectivity index (χ4n) is 1.40. The van der Waals surface area contributed by atoms with E-state index in [4.69, 9.17) is 10.2 Å². The number of carboxylic acid groups (broad SMARTS) is 1. The molecule has 0 fully saturated rings. The van der Waals surface area contributed by atoms with Crippen LogP contribution in [0.15, 0.2) is 36.4 Å². The van der Waals surface area contributed by atoms with Crippen molar-refractivity contribution in [2.75, 3.05) is 0 Å². The average molecular weight is 234 g/mol. The predicted octanol–water partition coefficient (Wildman–Crippen LogP) is 2.75. The first-order valence-electron chi connectivity index (χ1n) is 4.75. The number of aromatic hydroxyl groups is 1. The third-order valence-corrected chi connectivity index (χ3v) is 3.27. The molecule has 1 aromatic carbocycles. The molecule has 3 nitrogen and oxygen atoms in total. The Kier molecular flexibility index (Phi) is 2.92. The molecule has 82 valence electrons. The Bertz CT molecular complexity index is 499. The van der Waals surface area contributed by atoms with Gasteiger partial charge in [0.2, 0.25) is 0 Å². The number of phenols is 1. The summed E-state index contributed by atoms with van der Waals surface area (Å²) < 4.78 is 0. The number of thiophene rings is 1. The second-order valence-electron chi connectivity index (χ2n) is 3.38. The maximum atomic E-state index is 10.5. The lowest BCUT2D eigenvalue weighted by atomic mass is 10.2. The minimum absolute atomic E-state index is 0.0583. The standard InChI is InChI=1S/C12H10O3S/c13-9-3-1-8(2-4-9)11-6-5-10(16-11)7-12(14)15/h1-6,13H,7H2,(H,14,15). The highest BCUT2D eigenvalue weighted by Crippen LogP contribution is 2.29. The number of hydrogen-bond donors (Lipinski definition) is 2. The van der Waals surface area contributed by atoms with Gasteiger partial charge in [-0.1, -0.05) is 0 Å². The van der Waals surface area contributed by atoms with Crippen LogP contribution < -0.4 is 0 Å². The highest BCUT2D eigenvalue weighted by molar-refractivity contribution is 7.15. The number of rotatable bonds is 3. The maximum absolute atomic E-state index is 10.5. The van der Waals surface area contributed by atoms with Crippen molar-refractivity contribution in [3.8, 4) is 16.2 Å². The molecule has 4 heteroatoms. The van der Waals surface area contributed by atoms with Crippen LogP contribution in [0.5, 0.6) is 5.75 Å². The number of aliphatic carboxylic acids is 1. The van der Waals surface area contributed by atoms with Crippen molar-refractivity contribution in [2.24, 2.45) is 0 Å². The van der Waals surface area contributed by atoms with E-state index >= 15 is 0 Å². The lowest BCUT2D eigenvalue weighted by Crippen LogP contribution is -1.96. The molecule has 2 N–H and O–H groups in total. The van der Waals surface area contributed by atoms with Crippen LogP contribution in [0.1, 0.15) is 4.88 Å². The Morgan fingerprint density at radius 3 is 2.44 bits per heavy atom. The Labute approximate surface area is 96.6 Å². The molecule has 0 aliphatic carbocycles. The number of benzene rings is 1. The smallest absolute Gasteiger partial charge is 0.308 e. The minimum atomic E-state index is -0.820. The second kappa shape index (κ2) is 4.37. The van der Waals surface area contributed by atoms with Crippen molar-refractivity contribution in [2.45, 2.75) is 6.42 Å². The largest absolute Gasteiger partial charge is 0.508 e. The van der Waals surface area contributed by atoms with Crippen LogP contribution in [0.4, 0.5) is 0 Å². The maximum Gasteiger partial charge on any atom is 0.308 e. The van der Waals surface area contributed by atoms with Crippen LogP contribution in [0.25, 0.3) is 10.4 Å². The molecule has 0 saturated carbocycles. The van der Waals surface area contributed by atoms with Gasteiger partial charge in [-0.25, -0.2) is 0 Å². The highest BCUT2D eigenvalue weighted by atomic mass is 32.1. The number of carbonyl (C=O) groups is 1. The monoisotopic (exact) mass is 234 g/mol. The van der Waals surface area contributed by atoms with Crippen molar-refractivity contribution in [1.82, 2.24) is 0 Å². The summed E-state index contributed by atoms with van der Waals surface area (Å²) in [7, 11) is 0. The molecular formula is C12H10O3S. The van der Waals surface area contributed by atoms with Crippen molar-refractivity contribution in [1.29, 1.82) is 0 Å². The van der Waals surface area contributed by atoms with Crippen LogP contribution in [-0.2, 0) is 11.2 Å². The zero-order valence-corrected chi connectivity index (χ0v) is 9.20. The summed E-state index contributed by atoms with van der Waals surface area (Å²) in [6, 6.07) is 10.6. The molecule has 0 unspecified atom stereocenters. The topological polar surface area (TPSA) is 57.5 Å². The minimum Gasteiger partial charge on any atom is -0.508 e. The average Bonchev–Trinajstić information content (AvgIpc) is 2.66. The molecule has 2 aromatic rings. The van der Waals surface area contributed by atoms with Crippen molar-refractivity contribution < 1.29 is 15.0 Å². The molecule has 0 radical (unpaired) electrons. The summed E-state index contributed by atoms with van der Waals surface area (Å²) in [6.45, 7) is 0. The summed E-state index contributed by atoms with van der Waals surface area (Å²) in [6.07, 6.45) is 0.0583. The number of hydrogen-bond acceptors (Lipinski definition) is 3. The van der Waals surface area contributed by atoms with Crippen molar-refractivity contribution in [3.05, 3.63) is 41.3 Å². The fourth-order valence-corrected chi connectivity index (χ4v) is 2.41.